The number of tetrazole rings is 1. The van der Waals surface area contributed by atoms with Crippen LogP contribution in [0.1, 0.15) is 44.9 Å². The van der Waals surface area contributed by atoms with Gasteiger partial charge in [0, 0.05) is 18.7 Å². The predicted molar refractivity (Wildman–Crippen MR) is 67.4 cm³/mol. The van der Waals surface area contributed by atoms with Crippen LogP contribution in [0, 0.1) is 0 Å². The minimum atomic E-state index is 0.753. The molecule has 94 valence electrons. The van der Waals surface area contributed by atoms with Crippen molar-refractivity contribution < 1.29 is 0 Å². The number of aromatic amines is 1. The highest BCUT2D eigenvalue weighted by molar-refractivity contribution is 5.61. The molecule has 0 radical (unpaired) electrons. The van der Waals surface area contributed by atoms with E-state index in [1.165, 1.54) is 37.8 Å². The molecule has 0 bridgehead atoms. The highest BCUT2D eigenvalue weighted by Gasteiger charge is 2.15. The van der Waals surface area contributed by atoms with Gasteiger partial charge in [0.25, 0.3) is 0 Å². The van der Waals surface area contributed by atoms with Crippen molar-refractivity contribution in [2.75, 3.05) is 19.6 Å². The Kier molecular flexibility index (Phi) is 4.67. The number of hydrogen-bond acceptors (Lipinski definition) is 4. The molecule has 0 saturated heterocycles. The van der Waals surface area contributed by atoms with E-state index in [1.54, 1.807) is 0 Å². The van der Waals surface area contributed by atoms with Crippen molar-refractivity contribution in [1.29, 1.82) is 0 Å². The lowest BCUT2D eigenvalue weighted by Gasteiger charge is -2.25. The van der Waals surface area contributed by atoms with Gasteiger partial charge >= 0.3 is 0 Å². The van der Waals surface area contributed by atoms with Crippen molar-refractivity contribution in [3.05, 3.63) is 11.9 Å². The van der Waals surface area contributed by atoms with Crippen LogP contribution >= 0.6 is 0 Å². The summed E-state index contributed by atoms with van der Waals surface area (Å²) >= 11 is 0. The van der Waals surface area contributed by atoms with Crippen molar-refractivity contribution in [2.24, 2.45) is 0 Å². The van der Waals surface area contributed by atoms with Gasteiger partial charge in [-0.3, -0.25) is 4.90 Å². The lowest BCUT2D eigenvalue weighted by Crippen LogP contribution is -2.30. The zero-order valence-corrected chi connectivity index (χ0v) is 10.5. The second-order valence-corrected chi connectivity index (χ2v) is 4.59. The Hall–Kier alpha value is -1.23. The Morgan fingerprint density at radius 3 is 3.06 bits per heavy atom. The number of unbranched alkanes of at least 4 members (excludes halogenated alkanes) is 3. The van der Waals surface area contributed by atoms with Crippen molar-refractivity contribution in [3.63, 3.8) is 0 Å². The topological polar surface area (TPSA) is 57.7 Å². The fourth-order valence-corrected chi connectivity index (χ4v) is 2.22. The second kappa shape index (κ2) is 6.49. The fourth-order valence-electron chi connectivity index (χ4n) is 2.22. The summed E-state index contributed by atoms with van der Waals surface area (Å²) in [6.45, 7) is 5.56. The molecule has 0 aliphatic carbocycles. The quantitative estimate of drug-likeness (QED) is 0.765. The van der Waals surface area contributed by atoms with Gasteiger partial charge in [-0.15, -0.1) is 10.2 Å². The summed E-state index contributed by atoms with van der Waals surface area (Å²) in [6, 6.07) is 0. The largest absolute Gasteiger partial charge is 0.299 e. The molecule has 1 aliphatic rings. The predicted octanol–water partition coefficient (Wildman–Crippen LogP) is 1.87. The van der Waals surface area contributed by atoms with Crippen molar-refractivity contribution >= 4 is 5.57 Å². The van der Waals surface area contributed by atoms with Crippen molar-refractivity contribution in [3.8, 4) is 0 Å². The first-order valence-electron chi connectivity index (χ1n) is 6.55. The van der Waals surface area contributed by atoms with Crippen LogP contribution in [0.2, 0.25) is 0 Å². The smallest absolute Gasteiger partial charge is 0.201 e. The van der Waals surface area contributed by atoms with Gasteiger partial charge in [-0.05, 0) is 24.6 Å². The summed E-state index contributed by atoms with van der Waals surface area (Å²) in [4.78, 5) is 2.49. The van der Waals surface area contributed by atoms with Crippen LogP contribution < -0.4 is 0 Å². The van der Waals surface area contributed by atoms with Crippen LogP contribution in [-0.2, 0) is 0 Å². The van der Waals surface area contributed by atoms with E-state index in [2.05, 4.69) is 38.5 Å². The minimum Gasteiger partial charge on any atom is -0.299 e. The molecular formula is C12H21N5. The molecule has 0 amide bonds. The van der Waals surface area contributed by atoms with Crippen molar-refractivity contribution in [1.82, 2.24) is 25.5 Å². The highest BCUT2D eigenvalue weighted by atomic mass is 15.5. The third-order valence-electron chi connectivity index (χ3n) is 3.19. The molecule has 0 atom stereocenters. The first-order valence-corrected chi connectivity index (χ1v) is 6.55. The lowest BCUT2D eigenvalue weighted by molar-refractivity contribution is 0.296. The molecule has 1 aromatic rings. The number of rotatable bonds is 6. The van der Waals surface area contributed by atoms with E-state index in [0.717, 1.165) is 25.3 Å². The van der Waals surface area contributed by atoms with E-state index in [1.807, 2.05) is 0 Å². The monoisotopic (exact) mass is 235 g/mol. The van der Waals surface area contributed by atoms with E-state index in [4.69, 9.17) is 0 Å². The Bertz CT molecular complexity index is 344. The van der Waals surface area contributed by atoms with Crippen LogP contribution in [0.3, 0.4) is 0 Å². The fraction of sp³-hybridized carbons (Fsp3) is 0.750. The maximum Gasteiger partial charge on any atom is 0.201 e. The van der Waals surface area contributed by atoms with Crippen LogP contribution in [-0.4, -0.2) is 45.2 Å². The molecule has 5 nitrogen and oxygen atoms in total. The van der Waals surface area contributed by atoms with Crippen LogP contribution in [0.15, 0.2) is 6.08 Å². The zero-order chi connectivity index (χ0) is 11.9. The Balaban J connectivity index is 1.78. The first kappa shape index (κ1) is 12.2. The van der Waals surface area contributed by atoms with Gasteiger partial charge in [0.15, 0.2) is 0 Å². The Morgan fingerprint density at radius 2 is 2.29 bits per heavy atom. The standard InChI is InChI=1S/C12H21N5/c1-2-3-4-5-8-17-9-6-7-11(10-17)12-13-15-16-14-12/h7H,2-6,8-10H2,1H3,(H,13,14,15,16). The molecular weight excluding hydrogens is 214 g/mol. The summed E-state index contributed by atoms with van der Waals surface area (Å²) in [7, 11) is 0. The molecule has 17 heavy (non-hydrogen) atoms. The molecule has 2 heterocycles. The summed E-state index contributed by atoms with van der Waals surface area (Å²) in [6.07, 6.45) is 8.61. The number of nitrogens with zero attached hydrogens (tertiary/aromatic N) is 4. The lowest BCUT2D eigenvalue weighted by atomic mass is 10.1. The van der Waals surface area contributed by atoms with Gasteiger partial charge < -0.3 is 0 Å². The summed E-state index contributed by atoms with van der Waals surface area (Å²) in [5.41, 5.74) is 1.21. The average molecular weight is 235 g/mol. The van der Waals surface area contributed by atoms with E-state index in [9.17, 15) is 0 Å². The number of nitrogens with one attached hydrogen (secondary N) is 1. The van der Waals surface area contributed by atoms with Gasteiger partial charge in [-0.25, -0.2) is 0 Å². The van der Waals surface area contributed by atoms with Gasteiger partial charge in [0.2, 0.25) is 5.82 Å². The maximum atomic E-state index is 4.04. The number of H-pyrrole nitrogens is 1. The second-order valence-electron chi connectivity index (χ2n) is 4.59. The molecule has 0 aromatic carbocycles. The first-order chi connectivity index (χ1) is 8.40. The van der Waals surface area contributed by atoms with Crippen LogP contribution in [0.4, 0.5) is 0 Å². The van der Waals surface area contributed by atoms with Gasteiger partial charge in [0.05, 0.1) is 0 Å². The molecule has 0 unspecified atom stereocenters. The number of aromatic nitrogens is 4. The highest BCUT2D eigenvalue weighted by Crippen LogP contribution is 2.17. The summed E-state index contributed by atoms with van der Waals surface area (Å²) in [5.74, 6) is 0.753. The van der Waals surface area contributed by atoms with E-state index in [-0.39, 0.29) is 0 Å². The molecule has 0 saturated carbocycles. The molecule has 0 spiro atoms. The zero-order valence-electron chi connectivity index (χ0n) is 10.5. The molecule has 0 fully saturated rings. The molecule has 1 aromatic heterocycles. The van der Waals surface area contributed by atoms with Gasteiger partial charge in [-0.2, -0.15) is 5.21 Å². The van der Waals surface area contributed by atoms with Crippen molar-refractivity contribution in [2.45, 2.75) is 39.0 Å². The summed E-state index contributed by atoms with van der Waals surface area (Å²) in [5, 5.41) is 14.2. The number of hydrogen-bond donors (Lipinski definition) is 1. The van der Waals surface area contributed by atoms with E-state index >= 15 is 0 Å². The van der Waals surface area contributed by atoms with Crippen LogP contribution in [0.5, 0.6) is 0 Å². The Morgan fingerprint density at radius 1 is 1.35 bits per heavy atom. The Labute approximate surface area is 102 Å². The van der Waals surface area contributed by atoms with Crippen LogP contribution in [0.25, 0.3) is 5.57 Å². The molecule has 5 heteroatoms. The normalized spacial score (nSPS) is 17.1. The van der Waals surface area contributed by atoms with E-state index in [0.29, 0.717) is 0 Å². The molecule has 1 N–H and O–H groups in total. The maximum absolute atomic E-state index is 4.04. The minimum absolute atomic E-state index is 0.753. The molecule has 2 rings (SSSR count). The summed E-state index contributed by atoms with van der Waals surface area (Å²) < 4.78 is 0. The average Bonchev–Trinajstić information content (AvgIpc) is 2.89. The third kappa shape index (κ3) is 3.63. The third-order valence-corrected chi connectivity index (χ3v) is 3.19. The van der Waals surface area contributed by atoms with Gasteiger partial charge in [0.1, 0.15) is 0 Å². The molecule has 1 aliphatic heterocycles. The van der Waals surface area contributed by atoms with E-state index < -0.39 is 0 Å². The van der Waals surface area contributed by atoms with Gasteiger partial charge in [-0.1, -0.05) is 32.3 Å². The SMILES string of the molecule is CCCCCCN1CCC=C(c2nn[nH]n2)C1.